The molecule has 1 aromatic heterocycles. The van der Waals surface area contributed by atoms with E-state index in [2.05, 4.69) is 34.0 Å². The zero-order valence-electron chi connectivity index (χ0n) is 12.3. The molecule has 0 radical (unpaired) electrons. The van der Waals surface area contributed by atoms with E-state index in [1.807, 2.05) is 0 Å². The predicted octanol–water partition coefficient (Wildman–Crippen LogP) is 1.98. The fourth-order valence-electron chi connectivity index (χ4n) is 3.07. The summed E-state index contributed by atoms with van der Waals surface area (Å²) in [4.78, 5) is 14.3. The van der Waals surface area contributed by atoms with Gasteiger partial charge in [0.15, 0.2) is 0 Å². The first kappa shape index (κ1) is 15.5. The van der Waals surface area contributed by atoms with Crippen molar-refractivity contribution in [2.24, 2.45) is 11.7 Å². The zero-order chi connectivity index (χ0) is 14.5. The SMILES string of the molecule is CCC(N)C(c1ccsc1)N1CCCC(C(=O)NC)C1. The number of likely N-dealkylation sites (tertiary alicyclic amines) is 1. The van der Waals surface area contributed by atoms with Gasteiger partial charge in [0.2, 0.25) is 5.91 Å². The molecule has 20 heavy (non-hydrogen) atoms. The van der Waals surface area contributed by atoms with E-state index in [-0.39, 0.29) is 23.9 Å². The molecule has 3 atom stereocenters. The van der Waals surface area contributed by atoms with Crippen LogP contribution in [0.3, 0.4) is 0 Å². The Morgan fingerprint density at radius 1 is 1.65 bits per heavy atom. The first-order valence-corrected chi connectivity index (χ1v) is 8.35. The number of nitrogens with one attached hydrogen (secondary N) is 1. The molecule has 0 bridgehead atoms. The molecule has 1 saturated heterocycles. The number of nitrogens with zero attached hydrogens (tertiary/aromatic N) is 1. The van der Waals surface area contributed by atoms with Gasteiger partial charge in [-0.1, -0.05) is 6.92 Å². The van der Waals surface area contributed by atoms with Gasteiger partial charge in [0, 0.05) is 19.6 Å². The molecule has 112 valence electrons. The van der Waals surface area contributed by atoms with Crippen LogP contribution in [0.15, 0.2) is 16.8 Å². The fourth-order valence-corrected chi connectivity index (χ4v) is 3.76. The van der Waals surface area contributed by atoms with Crippen LogP contribution in [0.5, 0.6) is 0 Å². The molecule has 4 nitrogen and oxygen atoms in total. The molecule has 0 aliphatic carbocycles. The molecule has 0 spiro atoms. The van der Waals surface area contributed by atoms with Crippen LogP contribution in [0.4, 0.5) is 0 Å². The van der Waals surface area contributed by atoms with Crippen LogP contribution in [0.2, 0.25) is 0 Å². The predicted molar refractivity (Wildman–Crippen MR) is 83.7 cm³/mol. The molecule has 0 aromatic carbocycles. The Morgan fingerprint density at radius 3 is 3.05 bits per heavy atom. The number of carbonyl (C=O) groups excluding carboxylic acids is 1. The van der Waals surface area contributed by atoms with E-state index >= 15 is 0 Å². The second-order valence-electron chi connectivity index (χ2n) is 5.52. The van der Waals surface area contributed by atoms with E-state index in [9.17, 15) is 4.79 Å². The maximum absolute atomic E-state index is 11.9. The van der Waals surface area contributed by atoms with Gasteiger partial charge in [-0.2, -0.15) is 11.3 Å². The highest BCUT2D eigenvalue weighted by Crippen LogP contribution is 2.31. The Balaban J connectivity index is 2.14. The molecule has 2 heterocycles. The van der Waals surface area contributed by atoms with E-state index < -0.39 is 0 Å². The number of piperidine rings is 1. The third-order valence-corrected chi connectivity index (χ3v) is 4.93. The number of nitrogens with two attached hydrogens (primary N) is 1. The third kappa shape index (κ3) is 3.40. The van der Waals surface area contributed by atoms with Gasteiger partial charge in [-0.3, -0.25) is 9.69 Å². The highest BCUT2D eigenvalue weighted by Gasteiger charge is 2.32. The van der Waals surface area contributed by atoms with Crippen molar-refractivity contribution in [3.63, 3.8) is 0 Å². The quantitative estimate of drug-likeness (QED) is 0.873. The van der Waals surface area contributed by atoms with Crippen LogP contribution in [-0.2, 0) is 4.79 Å². The molecule has 5 heteroatoms. The van der Waals surface area contributed by atoms with Gasteiger partial charge in [0.1, 0.15) is 0 Å². The van der Waals surface area contributed by atoms with Crippen molar-refractivity contribution in [1.29, 1.82) is 0 Å². The summed E-state index contributed by atoms with van der Waals surface area (Å²) in [6.45, 7) is 3.97. The molecular formula is C15H25N3OS. The van der Waals surface area contributed by atoms with Gasteiger partial charge >= 0.3 is 0 Å². The van der Waals surface area contributed by atoms with Crippen molar-refractivity contribution >= 4 is 17.2 Å². The topological polar surface area (TPSA) is 58.4 Å². The van der Waals surface area contributed by atoms with Crippen molar-refractivity contribution in [2.45, 2.75) is 38.3 Å². The van der Waals surface area contributed by atoms with E-state index in [0.717, 1.165) is 32.4 Å². The normalized spacial score (nSPS) is 23.2. The molecule has 3 unspecified atom stereocenters. The number of thiophene rings is 1. The first-order chi connectivity index (χ1) is 9.67. The lowest BCUT2D eigenvalue weighted by molar-refractivity contribution is -0.126. The van der Waals surface area contributed by atoms with E-state index in [4.69, 9.17) is 5.73 Å². The summed E-state index contributed by atoms with van der Waals surface area (Å²) >= 11 is 1.71. The molecule has 1 aromatic rings. The van der Waals surface area contributed by atoms with Gasteiger partial charge in [-0.25, -0.2) is 0 Å². The first-order valence-electron chi connectivity index (χ1n) is 7.40. The molecular weight excluding hydrogens is 270 g/mol. The molecule has 3 N–H and O–H groups in total. The average molecular weight is 295 g/mol. The lowest BCUT2D eigenvalue weighted by atomic mass is 9.91. The Kier molecular flexibility index (Phi) is 5.57. The lowest BCUT2D eigenvalue weighted by Gasteiger charge is -2.40. The van der Waals surface area contributed by atoms with Crippen LogP contribution in [-0.4, -0.2) is 37.0 Å². The van der Waals surface area contributed by atoms with Crippen LogP contribution < -0.4 is 11.1 Å². The van der Waals surface area contributed by atoms with Crippen molar-refractivity contribution in [2.75, 3.05) is 20.1 Å². The Hall–Kier alpha value is -0.910. The summed E-state index contributed by atoms with van der Waals surface area (Å²) in [5, 5.41) is 7.06. The summed E-state index contributed by atoms with van der Waals surface area (Å²) in [7, 11) is 1.72. The van der Waals surface area contributed by atoms with E-state index in [1.54, 1.807) is 18.4 Å². The van der Waals surface area contributed by atoms with Crippen LogP contribution >= 0.6 is 11.3 Å². The fraction of sp³-hybridized carbons (Fsp3) is 0.667. The van der Waals surface area contributed by atoms with E-state index in [0.29, 0.717) is 0 Å². The van der Waals surface area contributed by atoms with Gasteiger partial charge in [-0.15, -0.1) is 0 Å². The summed E-state index contributed by atoms with van der Waals surface area (Å²) in [5.74, 6) is 0.253. The minimum Gasteiger partial charge on any atom is -0.359 e. The highest BCUT2D eigenvalue weighted by molar-refractivity contribution is 7.07. The molecule has 1 aliphatic rings. The van der Waals surface area contributed by atoms with Crippen molar-refractivity contribution in [3.8, 4) is 0 Å². The minimum atomic E-state index is 0.0962. The Bertz CT molecular complexity index is 421. The molecule has 1 aliphatic heterocycles. The summed E-state index contributed by atoms with van der Waals surface area (Å²) in [6.07, 6.45) is 2.99. The van der Waals surface area contributed by atoms with Crippen LogP contribution in [0.1, 0.15) is 37.8 Å². The lowest BCUT2D eigenvalue weighted by Crippen LogP contribution is -2.48. The summed E-state index contributed by atoms with van der Waals surface area (Å²) < 4.78 is 0. The molecule has 2 rings (SSSR count). The smallest absolute Gasteiger partial charge is 0.224 e. The second kappa shape index (κ2) is 7.20. The van der Waals surface area contributed by atoms with Crippen molar-refractivity contribution in [3.05, 3.63) is 22.4 Å². The van der Waals surface area contributed by atoms with Gasteiger partial charge < -0.3 is 11.1 Å². The summed E-state index contributed by atoms with van der Waals surface area (Å²) in [6, 6.07) is 2.51. The number of rotatable bonds is 5. The number of hydrogen-bond donors (Lipinski definition) is 2. The Morgan fingerprint density at radius 2 is 2.45 bits per heavy atom. The van der Waals surface area contributed by atoms with Gasteiger partial charge in [0.05, 0.1) is 12.0 Å². The largest absolute Gasteiger partial charge is 0.359 e. The Labute approximate surface area is 125 Å². The monoisotopic (exact) mass is 295 g/mol. The number of hydrogen-bond acceptors (Lipinski definition) is 4. The van der Waals surface area contributed by atoms with Crippen molar-refractivity contribution < 1.29 is 4.79 Å². The molecule has 0 saturated carbocycles. The maximum Gasteiger partial charge on any atom is 0.224 e. The summed E-state index contributed by atoms with van der Waals surface area (Å²) in [5.41, 5.74) is 7.65. The highest BCUT2D eigenvalue weighted by atomic mass is 32.1. The van der Waals surface area contributed by atoms with Gasteiger partial charge in [-0.05, 0) is 48.2 Å². The third-order valence-electron chi connectivity index (χ3n) is 4.23. The average Bonchev–Trinajstić information content (AvgIpc) is 3.00. The molecule has 1 fully saturated rings. The van der Waals surface area contributed by atoms with Gasteiger partial charge in [0.25, 0.3) is 0 Å². The maximum atomic E-state index is 11.9. The molecule has 1 amide bonds. The van der Waals surface area contributed by atoms with Crippen LogP contribution in [0, 0.1) is 5.92 Å². The number of amides is 1. The van der Waals surface area contributed by atoms with Crippen LogP contribution in [0.25, 0.3) is 0 Å². The van der Waals surface area contributed by atoms with E-state index in [1.165, 1.54) is 5.56 Å². The standard InChI is InChI=1S/C15H25N3OS/c1-3-13(16)14(12-6-8-20-10-12)18-7-4-5-11(9-18)15(19)17-2/h6,8,10-11,13-14H,3-5,7,9,16H2,1-2H3,(H,17,19). The zero-order valence-corrected chi connectivity index (χ0v) is 13.2. The minimum absolute atomic E-state index is 0.0962. The second-order valence-corrected chi connectivity index (χ2v) is 6.30. The number of carbonyl (C=O) groups is 1. The van der Waals surface area contributed by atoms with Crippen molar-refractivity contribution in [1.82, 2.24) is 10.2 Å².